The molecule has 1 aromatic heterocycles. The minimum Gasteiger partial charge on any atom is -0.493 e. The van der Waals surface area contributed by atoms with Crippen LogP contribution < -0.4 is 20.1 Å². The summed E-state index contributed by atoms with van der Waals surface area (Å²) in [6.45, 7) is 4.03. The topological polar surface area (TPSA) is 64.5 Å². The van der Waals surface area contributed by atoms with Crippen molar-refractivity contribution < 1.29 is 14.3 Å². The lowest BCUT2D eigenvalue weighted by Crippen LogP contribution is -2.38. The summed E-state index contributed by atoms with van der Waals surface area (Å²) in [6.07, 6.45) is 1.24. The van der Waals surface area contributed by atoms with E-state index in [4.69, 9.17) is 21.7 Å². The van der Waals surface area contributed by atoms with Gasteiger partial charge >= 0.3 is 0 Å². The van der Waals surface area contributed by atoms with Gasteiger partial charge in [0.25, 0.3) is 5.91 Å². The maximum atomic E-state index is 12.8. The predicted molar refractivity (Wildman–Crippen MR) is 117 cm³/mol. The lowest BCUT2D eigenvalue weighted by molar-refractivity contribution is 0.0939. The van der Waals surface area contributed by atoms with Crippen LogP contribution in [0.15, 0.2) is 61.2 Å². The number of aromatic nitrogens is 1. The van der Waals surface area contributed by atoms with Gasteiger partial charge in [-0.25, -0.2) is 0 Å². The summed E-state index contributed by atoms with van der Waals surface area (Å²) in [6, 6.07) is 15.3. The van der Waals surface area contributed by atoms with Gasteiger partial charge in [0, 0.05) is 5.69 Å². The van der Waals surface area contributed by atoms with Crippen LogP contribution in [-0.4, -0.2) is 24.2 Å². The molecular formula is C21H19N3O3S2. The molecule has 0 saturated carbocycles. The first kappa shape index (κ1) is 19.2. The molecule has 1 atom stereocenters. The summed E-state index contributed by atoms with van der Waals surface area (Å²) < 4.78 is 13.6. The Kier molecular flexibility index (Phi) is 5.37. The second-order valence-corrected chi connectivity index (χ2v) is 7.92. The van der Waals surface area contributed by atoms with E-state index in [0.717, 1.165) is 11.3 Å². The fraction of sp³-hybridized carbons (Fsp3) is 0.143. The molecule has 148 valence electrons. The van der Waals surface area contributed by atoms with E-state index in [1.54, 1.807) is 13.2 Å². The van der Waals surface area contributed by atoms with E-state index >= 15 is 0 Å². The van der Waals surface area contributed by atoms with Crippen molar-refractivity contribution in [3.8, 4) is 17.2 Å². The molecule has 0 spiro atoms. The minimum atomic E-state index is -0.434. The summed E-state index contributed by atoms with van der Waals surface area (Å²) >= 11 is 6.81. The van der Waals surface area contributed by atoms with Crippen molar-refractivity contribution in [2.75, 3.05) is 19.0 Å². The smallest absolute Gasteiger partial charge is 0.267 e. The van der Waals surface area contributed by atoms with E-state index < -0.39 is 6.17 Å². The molecule has 1 aliphatic rings. The Morgan fingerprint density at radius 3 is 2.72 bits per heavy atom. The number of rotatable bonds is 6. The van der Waals surface area contributed by atoms with Gasteiger partial charge < -0.3 is 20.1 Å². The molecule has 8 heteroatoms. The number of carbonyl (C=O) groups excluding carboxylic acids is 1. The Morgan fingerprint density at radius 1 is 1.21 bits per heavy atom. The van der Waals surface area contributed by atoms with Gasteiger partial charge in [0.05, 0.1) is 7.11 Å². The SMILES string of the molecule is C=CCOc1ccc([C@H]2NC(=O)c3sc(=S)n(-c4ccccc4)c3N2)cc1OC. The van der Waals surface area contributed by atoms with Crippen LogP contribution in [0.4, 0.5) is 5.82 Å². The van der Waals surface area contributed by atoms with E-state index in [2.05, 4.69) is 17.2 Å². The summed E-state index contributed by atoms with van der Waals surface area (Å²) in [5.74, 6) is 1.71. The van der Waals surface area contributed by atoms with Gasteiger partial charge in [-0.2, -0.15) is 0 Å². The predicted octanol–water partition coefficient (Wildman–Crippen LogP) is 4.70. The first-order chi connectivity index (χ1) is 14.1. The van der Waals surface area contributed by atoms with Gasteiger partial charge in [0.15, 0.2) is 15.5 Å². The third kappa shape index (κ3) is 3.64. The molecule has 1 aliphatic heterocycles. The van der Waals surface area contributed by atoms with Crippen LogP contribution in [0.1, 0.15) is 21.4 Å². The normalized spacial score (nSPS) is 15.1. The maximum absolute atomic E-state index is 12.8. The molecule has 3 aromatic rings. The van der Waals surface area contributed by atoms with Gasteiger partial charge in [0.2, 0.25) is 0 Å². The Hall–Kier alpha value is -3.10. The van der Waals surface area contributed by atoms with Crippen LogP contribution in [0.2, 0.25) is 0 Å². The summed E-state index contributed by atoms with van der Waals surface area (Å²) in [5.41, 5.74) is 1.74. The average Bonchev–Trinajstić information content (AvgIpc) is 3.09. The van der Waals surface area contributed by atoms with Crippen LogP contribution in [0, 0.1) is 3.95 Å². The standard InChI is InChI=1S/C21H19N3O3S2/c1-3-11-27-15-10-9-13(12-16(15)26-2)18-22-19-17(20(25)23-18)29-21(28)24(19)14-7-5-4-6-8-14/h3-10,12,18,22H,1,11H2,2H3,(H,23,25)/t18-/m1/s1. The molecule has 0 saturated heterocycles. The van der Waals surface area contributed by atoms with E-state index in [0.29, 0.717) is 32.8 Å². The number of nitrogens with one attached hydrogen (secondary N) is 2. The highest BCUT2D eigenvalue weighted by molar-refractivity contribution is 7.73. The first-order valence-corrected chi connectivity index (χ1v) is 10.1. The zero-order chi connectivity index (χ0) is 20.4. The molecule has 4 rings (SSSR count). The minimum absolute atomic E-state index is 0.166. The van der Waals surface area contributed by atoms with E-state index in [-0.39, 0.29) is 5.91 Å². The van der Waals surface area contributed by atoms with Crippen molar-refractivity contribution in [2.45, 2.75) is 6.17 Å². The number of methoxy groups -OCH3 is 1. The van der Waals surface area contributed by atoms with E-state index in [1.807, 2.05) is 53.1 Å². The molecule has 0 bridgehead atoms. The van der Waals surface area contributed by atoms with E-state index in [1.165, 1.54) is 11.3 Å². The zero-order valence-corrected chi connectivity index (χ0v) is 17.3. The maximum Gasteiger partial charge on any atom is 0.267 e. The van der Waals surface area contributed by atoms with Gasteiger partial charge in [0.1, 0.15) is 23.5 Å². The number of fused-ring (bicyclic) bond motifs is 1. The van der Waals surface area contributed by atoms with E-state index in [9.17, 15) is 4.79 Å². The van der Waals surface area contributed by atoms with Gasteiger partial charge in [-0.05, 0) is 42.0 Å². The van der Waals surface area contributed by atoms with Crippen molar-refractivity contribution >= 4 is 35.3 Å². The number of carbonyl (C=O) groups is 1. The highest BCUT2D eigenvalue weighted by atomic mass is 32.1. The molecule has 2 N–H and O–H groups in total. The lowest BCUT2D eigenvalue weighted by atomic mass is 10.1. The first-order valence-electron chi connectivity index (χ1n) is 8.92. The largest absolute Gasteiger partial charge is 0.493 e. The Morgan fingerprint density at radius 2 is 2.00 bits per heavy atom. The quantitative estimate of drug-likeness (QED) is 0.443. The average molecular weight is 426 g/mol. The molecule has 29 heavy (non-hydrogen) atoms. The van der Waals surface area contributed by atoms with Crippen LogP contribution in [-0.2, 0) is 0 Å². The molecule has 0 aliphatic carbocycles. The monoisotopic (exact) mass is 425 g/mol. The molecule has 6 nitrogen and oxygen atoms in total. The van der Waals surface area contributed by atoms with Gasteiger partial charge in [-0.1, -0.05) is 48.3 Å². The second-order valence-electron chi connectivity index (χ2n) is 6.28. The van der Waals surface area contributed by atoms with Crippen LogP contribution in [0.25, 0.3) is 5.69 Å². The number of thiazole rings is 1. The number of para-hydroxylation sites is 1. The van der Waals surface area contributed by atoms with Crippen LogP contribution in [0.5, 0.6) is 11.5 Å². The van der Waals surface area contributed by atoms with Gasteiger partial charge in [-0.15, -0.1) is 0 Å². The fourth-order valence-corrected chi connectivity index (χ4v) is 4.45. The highest BCUT2D eigenvalue weighted by Crippen LogP contribution is 2.36. The summed E-state index contributed by atoms with van der Waals surface area (Å²) in [5, 5.41) is 6.39. The molecule has 0 fully saturated rings. The number of amides is 1. The Bertz CT molecular complexity index is 1120. The van der Waals surface area contributed by atoms with Crippen LogP contribution >= 0.6 is 23.6 Å². The Balaban J connectivity index is 1.71. The Labute approximate surface area is 177 Å². The zero-order valence-electron chi connectivity index (χ0n) is 15.7. The third-order valence-corrected chi connectivity index (χ3v) is 5.84. The van der Waals surface area contributed by atoms with Crippen molar-refractivity contribution in [3.05, 3.63) is 75.6 Å². The molecule has 0 unspecified atom stereocenters. The number of hydrogen-bond acceptors (Lipinski definition) is 6. The van der Waals surface area contributed by atoms with Crippen molar-refractivity contribution in [1.82, 2.24) is 9.88 Å². The fourth-order valence-electron chi connectivity index (χ4n) is 3.14. The number of nitrogens with zero attached hydrogens (tertiary/aromatic N) is 1. The van der Waals surface area contributed by atoms with Gasteiger partial charge in [-0.3, -0.25) is 9.36 Å². The number of anilines is 1. The van der Waals surface area contributed by atoms with Crippen molar-refractivity contribution in [3.63, 3.8) is 0 Å². The molecule has 2 heterocycles. The summed E-state index contributed by atoms with van der Waals surface area (Å²) in [4.78, 5) is 13.3. The number of hydrogen-bond donors (Lipinski definition) is 2. The number of benzene rings is 2. The second kappa shape index (κ2) is 8.10. The van der Waals surface area contributed by atoms with Crippen molar-refractivity contribution in [2.24, 2.45) is 0 Å². The third-order valence-electron chi connectivity index (χ3n) is 4.47. The number of ether oxygens (including phenoxy) is 2. The molecule has 0 radical (unpaired) electrons. The molecular weight excluding hydrogens is 406 g/mol. The lowest BCUT2D eigenvalue weighted by Gasteiger charge is -2.27. The highest BCUT2D eigenvalue weighted by Gasteiger charge is 2.30. The molecule has 1 amide bonds. The summed E-state index contributed by atoms with van der Waals surface area (Å²) in [7, 11) is 1.58. The van der Waals surface area contributed by atoms with Crippen LogP contribution in [0.3, 0.4) is 0 Å². The van der Waals surface area contributed by atoms with Crippen molar-refractivity contribution in [1.29, 1.82) is 0 Å². The molecule has 2 aromatic carbocycles.